The van der Waals surface area contributed by atoms with Crippen LogP contribution in [-0.4, -0.2) is 33.9 Å². The second-order valence-electron chi connectivity index (χ2n) is 6.17. The molecule has 0 bridgehead atoms. The lowest BCUT2D eigenvalue weighted by molar-refractivity contribution is -0.127. The van der Waals surface area contributed by atoms with E-state index in [1.807, 2.05) is 25.6 Å². The summed E-state index contributed by atoms with van der Waals surface area (Å²) >= 11 is 0. The van der Waals surface area contributed by atoms with E-state index < -0.39 is 6.10 Å². The Balaban J connectivity index is 1.68. The van der Waals surface area contributed by atoms with Gasteiger partial charge in [0.15, 0.2) is 0 Å². The number of aryl methyl sites for hydroxylation is 2. The summed E-state index contributed by atoms with van der Waals surface area (Å²) in [5.41, 5.74) is 2.88. The summed E-state index contributed by atoms with van der Waals surface area (Å²) in [6.45, 7) is 4.56. The summed E-state index contributed by atoms with van der Waals surface area (Å²) in [5, 5.41) is 17.2. The molecule has 3 heterocycles. The van der Waals surface area contributed by atoms with Gasteiger partial charge in [0.2, 0.25) is 5.91 Å². The number of furan rings is 1. The highest BCUT2D eigenvalue weighted by atomic mass is 16.5. The van der Waals surface area contributed by atoms with Crippen LogP contribution in [0.1, 0.15) is 41.3 Å². The first-order chi connectivity index (χ1) is 11.5. The predicted octanol–water partition coefficient (Wildman–Crippen LogP) is 1.56. The van der Waals surface area contributed by atoms with Crippen LogP contribution < -0.4 is 5.32 Å². The largest absolute Gasteiger partial charge is 0.467 e. The van der Waals surface area contributed by atoms with Gasteiger partial charge in [0.05, 0.1) is 30.5 Å². The molecule has 0 radical (unpaired) electrons. The molecule has 3 atom stereocenters. The number of nitrogens with zero attached hydrogens (tertiary/aromatic N) is 2. The van der Waals surface area contributed by atoms with Gasteiger partial charge in [0.25, 0.3) is 0 Å². The molecule has 0 saturated carbocycles. The number of carbonyl (C=O) groups is 1. The molecule has 0 aromatic carbocycles. The smallest absolute Gasteiger partial charge is 0.226 e. The molecule has 1 aliphatic rings. The van der Waals surface area contributed by atoms with Crippen molar-refractivity contribution in [3.8, 4) is 0 Å². The number of ether oxygens (including phenoxy) is 1. The third-order valence-corrected chi connectivity index (χ3v) is 4.62. The minimum Gasteiger partial charge on any atom is -0.467 e. The van der Waals surface area contributed by atoms with Crippen LogP contribution in [0.5, 0.6) is 0 Å². The fourth-order valence-electron chi connectivity index (χ4n) is 3.25. The van der Waals surface area contributed by atoms with Gasteiger partial charge in [-0.05, 0) is 32.4 Å². The Morgan fingerprint density at radius 3 is 2.96 bits per heavy atom. The van der Waals surface area contributed by atoms with Gasteiger partial charge in [-0.1, -0.05) is 0 Å². The van der Waals surface area contributed by atoms with Gasteiger partial charge < -0.3 is 19.6 Å². The van der Waals surface area contributed by atoms with Crippen molar-refractivity contribution in [1.82, 2.24) is 15.1 Å². The summed E-state index contributed by atoms with van der Waals surface area (Å²) < 4.78 is 12.8. The van der Waals surface area contributed by atoms with Crippen LogP contribution in [0.25, 0.3) is 0 Å². The molecule has 3 rings (SSSR count). The van der Waals surface area contributed by atoms with Gasteiger partial charge in [-0.15, -0.1) is 0 Å². The second kappa shape index (κ2) is 6.78. The van der Waals surface area contributed by atoms with Gasteiger partial charge in [0, 0.05) is 24.9 Å². The van der Waals surface area contributed by atoms with Crippen molar-refractivity contribution in [3.05, 3.63) is 41.1 Å². The summed E-state index contributed by atoms with van der Waals surface area (Å²) in [6, 6.07) is 3.38. The SMILES string of the molecule is Cc1nn(C)c(C)c1[C@H]1OCC[C@@H]1C(=O)NC[C@H](O)c1ccco1. The highest BCUT2D eigenvalue weighted by Crippen LogP contribution is 2.37. The minimum absolute atomic E-state index is 0.112. The van der Waals surface area contributed by atoms with Crippen LogP contribution in [0, 0.1) is 19.8 Å². The molecule has 2 aromatic heterocycles. The molecule has 24 heavy (non-hydrogen) atoms. The quantitative estimate of drug-likeness (QED) is 0.867. The zero-order valence-electron chi connectivity index (χ0n) is 14.2. The van der Waals surface area contributed by atoms with E-state index in [1.165, 1.54) is 6.26 Å². The van der Waals surface area contributed by atoms with Crippen LogP contribution >= 0.6 is 0 Å². The standard InChI is InChI=1S/C17H23N3O4/c1-10-15(11(2)20(3)19-10)16-12(6-8-24-16)17(22)18-9-13(21)14-5-4-7-23-14/h4-5,7,12-13,16,21H,6,8-9H2,1-3H3,(H,18,22)/t12-,13-,16-/m0/s1. The molecular formula is C17H23N3O4. The lowest BCUT2D eigenvalue weighted by Gasteiger charge is -2.19. The van der Waals surface area contributed by atoms with Crippen molar-refractivity contribution in [2.45, 2.75) is 32.5 Å². The average molecular weight is 333 g/mol. The molecule has 1 saturated heterocycles. The normalized spacial score (nSPS) is 21.8. The molecule has 1 fully saturated rings. The molecule has 2 aromatic rings. The molecule has 0 spiro atoms. The maximum absolute atomic E-state index is 12.6. The maximum Gasteiger partial charge on any atom is 0.226 e. The Kier molecular flexibility index (Phi) is 4.73. The number of hydrogen-bond donors (Lipinski definition) is 2. The molecule has 0 aliphatic carbocycles. The fourth-order valence-corrected chi connectivity index (χ4v) is 3.25. The molecule has 7 nitrogen and oxygen atoms in total. The van der Waals surface area contributed by atoms with E-state index >= 15 is 0 Å². The van der Waals surface area contributed by atoms with E-state index in [-0.39, 0.29) is 24.5 Å². The first kappa shape index (κ1) is 16.7. The fraction of sp³-hybridized carbons (Fsp3) is 0.529. The van der Waals surface area contributed by atoms with Crippen molar-refractivity contribution in [1.29, 1.82) is 0 Å². The summed E-state index contributed by atoms with van der Waals surface area (Å²) in [5.74, 6) is 0.0367. The molecular weight excluding hydrogens is 310 g/mol. The molecule has 1 aliphatic heterocycles. The topological polar surface area (TPSA) is 89.5 Å². The molecule has 1 amide bonds. The van der Waals surface area contributed by atoms with Crippen LogP contribution in [0.3, 0.4) is 0 Å². The number of carbonyl (C=O) groups excluding carboxylic acids is 1. The number of aliphatic hydroxyl groups is 1. The van der Waals surface area contributed by atoms with Gasteiger partial charge in [0.1, 0.15) is 11.9 Å². The first-order valence-corrected chi connectivity index (χ1v) is 8.10. The van der Waals surface area contributed by atoms with Crippen LogP contribution in [0.2, 0.25) is 0 Å². The number of aromatic nitrogens is 2. The van der Waals surface area contributed by atoms with E-state index in [0.717, 1.165) is 17.0 Å². The average Bonchev–Trinajstić information content (AvgIpc) is 3.27. The van der Waals surface area contributed by atoms with Crippen LogP contribution in [0.4, 0.5) is 0 Å². The van der Waals surface area contributed by atoms with Gasteiger partial charge in [-0.25, -0.2) is 0 Å². The monoisotopic (exact) mass is 333 g/mol. The van der Waals surface area contributed by atoms with E-state index in [0.29, 0.717) is 18.8 Å². The zero-order valence-corrected chi connectivity index (χ0v) is 14.2. The van der Waals surface area contributed by atoms with Crippen molar-refractivity contribution < 1.29 is 19.1 Å². The van der Waals surface area contributed by atoms with Gasteiger partial charge in [-0.3, -0.25) is 9.48 Å². The van der Waals surface area contributed by atoms with Crippen molar-refractivity contribution >= 4 is 5.91 Å². The summed E-state index contributed by atoms with van der Waals surface area (Å²) in [4.78, 5) is 12.6. The zero-order chi connectivity index (χ0) is 17.3. The molecule has 2 N–H and O–H groups in total. The number of nitrogens with one attached hydrogen (secondary N) is 1. The van der Waals surface area contributed by atoms with Crippen molar-refractivity contribution in [2.24, 2.45) is 13.0 Å². The minimum atomic E-state index is -0.855. The van der Waals surface area contributed by atoms with Crippen molar-refractivity contribution in [3.63, 3.8) is 0 Å². The first-order valence-electron chi connectivity index (χ1n) is 8.10. The van der Waals surface area contributed by atoms with E-state index in [4.69, 9.17) is 9.15 Å². The van der Waals surface area contributed by atoms with Gasteiger partial charge >= 0.3 is 0 Å². The Morgan fingerprint density at radius 2 is 2.33 bits per heavy atom. The van der Waals surface area contributed by atoms with Crippen LogP contribution in [-0.2, 0) is 16.6 Å². The Hall–Kier alpha value is -2.12. The molecule has 7 heteroatoms. The lowest BCUT2D eigenvalue weighted by Crippen LogP contribution is -2.35. The number of aliphatic hydroxyl groups excluding tert-OH is 1. The Bertz CT molecular complexity index is 708. The predicted molar refractivity (Wildman–Crippen MR) is 86.2 cm³/mol. The van der Waals surface area contributed by atoms with E-state index in [2.05, 4.69) is 10.4 Å². The Morgan fingerprint density at radius 1 is 1.54 bits per heavy atom. The van der Waals surface area contributed by atoms with E-state index in [9.17, 15) is 9.90 Å². The summed E-state index contributed by atoms with van der Waals surface area (Å²) in [6.07, 6.45) is 1.00. The second-order valence-corrected chi connectivity index (χ2v) is 6.17. The number of amides is 1. The van der Waals surface area contributed by atoms with Gasteiger partial charge in [-0.2, -0.15) is 5.10 Å². The number of hydrogen-bond acceptors (Lipinski definition) is 5. The Labute approximate surface area is 140 Å². The molecule has 0 unspecified atom stereocenters. The van der Waals surface area contributed by atoms with E-state index in [1.54, 1.807) is 12.1 Å². The third kappa shape index (κ3) is 3.09. The van der Waals surface area contributed by atoms with Crippen LogP contribution in [0.15, 0.2) is 22.8 Å². The lowest BCUT2D eigenvalue weighted by atomic mass is 9.93. The highest BCUT2D eigenvalue weighted by Gasteiger charge is 2.38. The maximum atomic E-state index is 12.6. The summed E-state index contributed by atoms with van der Waals surface area (Å²) in [7, 11) is 1.88. The molecule has 130 valence electrons. The highest BCUT2D eigenvalue weighted by molar-refractivity contribution is 5.80. The third-order valence-electron chi connectivity index (χ3n) is 4.62. The number of rotatable bonds is 5. The van der Waals surface area contributed by atoms with Crippen molar-refractivity contribution in [2.75, 3.05) is 13.2 Å².